The van der Waals surface area contributed by atoms with Crippen molar-refractivity contribution in [2.75, 3.05) is 6.54 Å². The van der Waals surface area contributed by atoms with Gasteiger partial charge in [0, 0.05) is 12.1 Å². The molecule has 0 fully saturated rings. The van der Waals surface area contributed by atoms with E-state index in [0.717, 1.165) is 18.5 Å². The van der Waals surface area contributed by atoms with Crippen LogP contribution in [0.5, 0.6) is 0 Å². The molecule has 1 rings (SSSR count). The Balaban J connectivity index is 2.88. The maximum Gasteiger partial charge on any atom is 0.252 e. The quantitative estimate of drug-likeness (QED) is 0.486. The van der Waals surface area contributed by atoms with Crippen molar-refractivity contribution in [3.63, 3.8) is 0 Å². The van der Waals surface area contributed by atoms with Crippen LogP contribution >= 0.6 is 9.39 Å². The molecule has 1 unspecified atom stereocenters. The fourth-order valence-corrected chi connectivity index (χ4v) is 1.30. The Kier molecular flexibility index (Phi) is 2.10. The number of rotatable bonds is 0. The van der Waals surface area contributed by atoms with Crippen molar-refractivity contribution in [1.82, 2.24) is 4.67 Å². The highest BCUT2D eigenvalue weighted by Crippen LogP contribution is 2.20. The fourth-order valence-electron chi connectivity index (χ4n) is 0.975. The molecule has 1 aliphatic heterocycles. The molecule has 0 aromatic rings. The molecule has 0 saturated carbocycles. The summed E-state index contributed by atoms with van der Waals surface area (Å²) >= 11 is 0. The minimum Gasteiger partial charge on any atom is -0.323 e. The van der Waals surface area contributed by atoms with E-state index in [4.69, 9.17) is 0 Å². The Morgan fingerprint density at radius 2 is 2.10 bits per heavy atom. The molecule has 10 heavy (non-hydrogen) atoms. The van der Waals surface area contributed by atoms with Crippen LogP contribution in [-0.2, 0) is 4.79 Å². The third-order valence-corrected chi connectivity index (χ3v) is 2.44. The summed E-state index contributed by atoms with van der Waals surface area (Å²) in [5.74, 6) is 0.147. The van der Waals surface area contributed by atoms with Gasteiger partial charge in [0.05, 0.1) is 0 Å². The molecular formula is C7H12NOP. The highest BCUT2D eigenvalue weighted by Gasteiger charge is 2.17. The molecule has 0 aromatic heterocycles. The van der Waals surface area contributed by atoms with E-state index in [-0.39, 0.29) is 5.91 Å². The zero-order chi connectivity index (χ0) is 7.72. The molecule has 1 atom stereocenters. The molecule has 1 amide bonds. The Labute approximate surface area is 63.5 Å². The number of hydrogen-bond donors (Lipinski definition) is 0. The van der Waals surface area contributed by atoms with Gasteiger partial charge >= 0.3 is 0 Å². The Morgan fingerprint density at radius 1 is 1.50 bits per heavy atom. The van der Waals surface area contributed by atoms with Crippen molar-refractivity contribution >= 4 is 15.3 Å². The first-order valence-corrected chi connectivity index (χ1v) is 3.87. The van der Waals surface area contributed by atoms with Gasteiger partial charge in [0.1, 0.15) is 0 Å². The zero-order valence-corrected chi connectivity index (χ0v) is 7.50. The Bertz CT molecular complexity index is 198. The van der Waals surface area contributed by atoms with Crippen molar-refractivity contribution in [1.29, 1.82) is 0 Å². The second-order valence-corrected chi connectivity index (χ2v) is 3.28. The predicted molar refractivity (Wildman–Crippen MR) is 44.4 cm³/mol. The van der Waals surface area contributed by atoms with Gasteiger partial charge in [-0.1, -0.05) is 5.57 Å². The number of carbonyl (C=O) groups excluding carboxylic acids is 1. The van der Waals surface area contributed by atoms with E-state index < -0.39 is 0 Å². The van der Waals surface area contributed by atoms with E-state index >= 15 is 0 Å². The molecule has 2 nitrogen and oxygen atoms in total. The standard InChI is InChI=1S/C7H12NOP/c1-5-3-4-8(10)7(9)6(5)2/h3-4,10H2,1-2H3. The van der Waals surface area contributed by atoms with Gasteiger partial charge in [-0.15, -0.1) is 0 Å². The summed E-state index contributed by atoms with van der Waals surface area (Å²) in [7, 11) is 2.43. The normalized spacial score (nSPS) is 20.3. The van der Waals surface area contributed by atoms with Gasteiger partial charge in [-0.3, -0.25) is 4.79 Å². The average molecular weight is 157 g/mol. The van der Waals surface area contributed by atoms with Crippen LogP contribution in [0, 0.1) is 0 Å². The SMILES string of the molecule is CC1=C(C)C(=O)N(P)CC1. The summed E-state index contributed by atoms with van der Waals surface area (Å²) in [4.78, 5) is 11.2. The highest BCUT2D eigenvalue weighted by molar-refractivity contribution is 7.14. The lowest BCUT2D eigenvalue weighted by atomic mass is 10.0. The van der Waals surface area contributed by atoms with E-state index in [9.17, 15) is 4.79 Å². The second-order valence-electron chi connectivity index (χ2n) is 2.65. The molecule has 0 N–H and O–H groups in total. The van der Waals surface area contributed by atoms with E-state index in [1.54, 1.807) is 4.67 Å². The first-order chi connectivity index (χ1) is 4.63. The number of nitrogens with zero attached hydrogens (tertiary/aromatic N) is 1. The van der Waals surface area contributed by atoms with Crippen molar-refractivity contribution in [2.45, 2.75) is 20.3 Å². The smallest absolute Gasteiger partial charge is 0.252 e. The van der Waals surface area contributed by atoms with Crippen LogP contribution in [-0.4, -0.2) is 17.1 Å². The van der Waals surface area contributed by atoms with Crippen LogP contribution in [0.1, 0.15) is 20.3 Å². The monoisotopic (exact) mass is 157 g/mol. The van der Waals surface area contributed by atoms with Crippen LogP contribution in [0.3, 0.4) is 0 Å². The summed E-state index contributed by atoms with van der Waals surface area (Å²) in [6.07, 6.45) is 1.01. The minimum absolute atomic E-state index is 0.147. The zero-order valence-electron chi connectivity index (χ0n) is 6.35. The Morgan fingerprint density at radius 3 is 2.60 bits per heavy atom. The lowest BCUT2D eigenvalue weighted by molar-refractivity contribution is -0.122. The van der Waals surface area contributed by atoms with Gasteiger partial charge in [-0.25, -0.2) is 0 Å². The van der Waals surface area contributed by atoms with Crippen molar-refractivity contribution in [2.24, 2.45) is 0 Å². The highest BCUT2D eigenvalue weighted by atomic mass is 31.0. The molecule has 3 heteroatoms. The van der Waals surface area contributed by atoms with Gasteiger partial charge < -0.3 is 4.67 Å². The van der Waals surface area contributed by atoms with Crippen LogP contribution in [0.4, 0.5) is 0 Å². The van der Waals surface area contributed by atoms with E-state index in [0.29, 0.717) is 0 Å². The van der Waals surface area contributed by atoms with Crippen molar-refractivity contribution in [3.05, 3.63) is 11.1 Å². The summed E-state index contributed by atoms with van der Waals surface area (Å²) in [5, 5.41) is 0. The van der Waals surface area contributed by atoms with E-state index in [2.05, 4.69) is 9.39 Å². The summed E-state index contributed by atoms with van der Waals surface area (Å²) < 4.78 is 1.68. The molecular weight excluding hydrogens is 145 g/mol. The first-order valence-electron chi connectivity index (χ1n) is 3.36. The second kappa shape index (κ2) is 2.71. The molecule has 1 heterocycles. The maximum atomic E-state index is 11.2. The fraction of sp³-hybridized carbons (Fsp3) is 0.571. The van der Waals surface area contributed by atoms with Crippen LogP contribution in [0.15, 0.2) is 11.1 Å². The third kappa shape index (κ3) is 1.22. The number of carbonyl (C=O) groups is 1. The third-order valence-electron chi connectivity index (χ3n) is 1.95. The molecule has 0 aliphatic carbocycles. The van der Waals surface area contributed by atoms with E-state index in [1.807, 2.05) is 13.8 Å². The molecule has 1 aliphatic rings. The molecule has 0 radical (unpaired) electrons. The Hall–Kier alpha value is -0.360. The molecule has 0 saturated heterocycles. The van der Waals surface area contributed by atoms with Gasteiger partial charge in [0.25, 0.3) is 5.91 Å². The van der Waals surface area contributed by atoms with Gasteiger partial charge in [0.15, 0.2) is 0 Å². The van der Waals surface area contributed by atoms with Gasteiger partial charge in [0.2, 0.25) is 0 Å². The van der Waals surface area contributed by atoms with Crippen LogP contribution in [0.25, 0.3) is 0 Å². The van der Waals surface area contributed by atoms with Gasteiger partial charge in [-0.05, 0) is 29.7 Å². The number of amides is 1. The lowest BCUT2D eigenvalue weighted by Gasteiger charge is -2.23. The van der Waals surface area contributed by atoms with Crippen LogP contribution < -0.4 is 0 Å². The topological polar surface area (TPSA) is 20.3 Å². The molecule has 0 bridgehead atoms. The summed E-state index contributed by atoms with van der Waals surface area (Å²) in [6.45, 7) is 4.74. The largest absolute Gasteiger partial charge is 0.323 e. The average Bonchev–Trinajstić information content (AvgIpc) is 1.93. The van der Waals surface area contributed by atoms with E-state index in [1.165, 1.54) is 5.57 Å². The van der Waals surface area contributed by atoms with Gasteiger partial charge in [-0.2, -0.15) is 0 Å². The maximum absolute atomic E-state index is 11.2. The minimum atomic E-state index is 0.147. The van der Waals surface area contributed by atoms with Crippen LogP contribution in [0.2, 0.25) is 0 Å². The van der Waals surface area contributed by atoms with Crippen molar-refractivity contribution < 1.29 is 4.79 Å². The molecule has 0 spiro atoms. The predicted octanol–water partition coefficient (Wildman–Crippen LogP) is 1.35. The summed E-state index contributed by atoms with van der Waals surface area (Å²) in [6, 6.07) is 0. The first kappa shape index (κ1) is 7.74. The molecule has 0 aromatic carbocycles. The summed E-state index contributed by atoms with van der Waals surface area (Å²) in [5.41, 5.74) is 2.13. The van der Waals surface area contributed by atoms with Crippen molar-refractivity contribution in [3.8, 4) is 0 Å². The molecule has 56 valence electrons. The number of hydrogen-bond acceptors (Lipinski definition) is 1. The lowest BCUT2D eigenvalue weighted by Crippen LogP contribution is -2.27.